The van der Waals surface area contributed by atoms with Gasteiger partial charge >= 0.3 is 0 Å². The van der Waals surface area contributed by atoms with Crippen molar-refractivity contribution in [3.63, 3.8) is 0 Å². The second-order valence-corrected chi connectivity index (χ2v) is 5.64. The van der Waals surface area contributed by atoms with Crippen molar-refractivity contribution >= 4 is 23.2 Å². The Morgan fingerprint density at radius 3 is 2.21 bits per heavy atom. The molecule has 5 nitrogen and oxygen atoms in total. The van der Waals surface area contributed by atoms with Crippen LogP contribution in [0.25, 0.3) is 0 Å². The van der Waals surface area contributed by atoms with Gasteiger partial charge in [-0.15, -0.1) is 0 Å². The number of carbonyl (C=O) groups excluding carboxylic acids is 2. The molecule has 0 spiro atoms. The number of anilines is 2. The van der Waals surface area contributed by atoms with Gasteiger partial charge in [-0.05, 0) is 68.3 Å². The number of amides is 2. The number of hydrogen-bond donors (Lipinski definition) is 3. The predicted molar refractivity (Wildman–Crippen MR) is 97.5 cm³/mol. The molecule has 24 heavy (non-hydrogen) atoms. The smallest absolute Gasteiger partial charge is 0.251 e. The molecule has 2 aromatic carbocycles. The van der Waals surface area contributed by atoms with Gasteiger partial charge in [0, 0.05) is 23.5 Å². The van der Waals surface area contributed by atoms with Crippen molar-refractivity contribution in [1.82, 2.24) is 5.32 Å². The highest BCUT2D eigenvalue weighted by Crippen LogP contribution is 2.14. The first-order valence-corrected chi connectivity index (χ1v) is 7.99. The van der Waals surface area contributed by atoms with Gasteiger partial charge in [-0.2, -0.15) is 0 Å². The summed E-state index contributed by atoms with van der Waals surface area (Å²) in [7, 11) is 0. The van der Waals surface area contributed by atoms with Crippen LogP contribution in [0.15, 0.2) is 42.5 Å². The summed E-state index contributed by atoms with van der Waals surface area (Å²) in [6, 6.07) is 12.9. The van der Waals surface area contributed by atoms with Crippen LogP contribution in [-0.4, -0.2) is 24.9 Å². The molecule has 3 N–H and O–H groups in total. The van der Waals surface area contributed by atoms with E-state index >= 15 is 0 Å². The molecular formula is C19H23N3O2. The number of nitrogens with one attached hydrogen (secondary N) is 3. The molecule has 126 valence electrons. The Morgan fingerprint density at radius 1 is 0.917 bits per heavy atom. The first-order chi connectivity index (χ1) is 11.5. The Morgan fingerprint density at radius 2 is 1.58 bits per heavy atom. The van der Waals surface area contributed by atoms with Crippen LogP contribution in [0.3, 0.4) is 0 Å². The number of hydrogen-bond acceptors (Lipinski definition) is 3. The minimum Gasteiger partial charge on any atom is -0.376 e. The highest BCUT2D eigenvalue weighted by atomic mass is 16.2. The van der Waals surface area contributed by atoms with Crippen molar-refractivity contribution in [1.29, 1.82) is 0 Å². The fraction of sp³-hybridized carbons (Fsp3) is 0.263. The lowest BCUT2D eigenvalue weighted by atomic mass is 10.1. The maximum absolute atomic E-state index is 12.0. The lowest BCUT2D eigenvalue weighted by Crippen LogP contribution is -2.23. The molecule has 0 saturated heterocycles. The van der Waals surface area contributed by atoms with E-state index in [0.29, 0.717) is 12.1 Å². The molecule has 2 amide bonds. The molecule has 0 unspecified atom stereocenters. The molecule has 0 fully saturated rings. The number of carbonyl (C=O) groups is 2. The van der Waals surface area contributed by atoms with Gasteiger partial charge in [0.15, 0.2) is 0 Å². The van der Waals surface area contributed by atoms with Gasteiger partial charge < -0.3 is 16.0 Å². The maximum atomic E-state index is 12.0. The van der Waals surface area contributed by atoms with Crippen molar-refractivity contribution in [2.45, 2.75) is 20.8 Å². The lowest BCUT2D eigenvalue weighted by molar-refractivity contribution is -0.114. The first-order valence-electron chi connectivity index (χ1n) is 7.99. The van der Waals surface area contributed by atoms with Gasteiger partial charge in [0.2, 0.25) is 5.91 Å². The van der Waals surface area contributed by atoms with Crippen molar-refractivity contribution in [3.8, 4) is 0 Å². The van der Waals surface area contributed by atoms with E-state index in [0.717, 1.165) is 16.9 Å². The van der Waals surface area contributed by atoms with E-state index in [-0.39, 0.29) is 18.4 Å². The molecule has 5 heteroatoms. The molecule has 0 aliphatic rings. The second kappa shape index (κ2) is 8.15. The molecule has 0 radical (unpaired) electrons. The summed E-state index contributed by atoms with van der Waals surface area (Å²) in [5, 5.41) is 8.65. The zero-order valence-corrected chi connectivity index (χ0v) is 14.3. The van der Waals surface area contributed by atoms with Crippen LogP contribution in [0, 0.1) is 13.8 Å². The largest absolute Gasteiger partial charge is 0.376 e. The van der Waals surface area contributed by atoms with E-state index in [9.17, 15) is 9.59 Å². The molecule has 0 aromatic heterocycles. The average molecular weight is 325 g/mol. The third-order valence-electron chi connectivity index (χ3n) is 3.73. The Bertz CT molecular complexity index is 724. The van der Waals surface area contributed by atoms with Crippen LogP contribution in [0.4, 0.5) is 11.4 Å². The van der Waals surface area contributed by atoms with Gasteiger partial charge in [0.05, 0.1) is 6.54 Å². The van der Waals surface area contributed by atoms with Crippen LogP contribution < -0.4 is 16.0 Å². The lowest BCUT2D eigenvalue weighted by Gasteiger charge is -2.10. The molecule has 0 atom stereocenters. The van der Waals surface area contributed by atoms with E-state index in [1.807, 2.05) is 39.0 Å². The topological polar surface area (TPSA) is 70.2 Å². The normalized spacial score (nSPS) is 10.1. The standard InChI is InChI=1S/C19H23N3O2/c1-4-20-19(24)15-6-9-16(10-7-15)21-12-18(23)22-17-8-5-13(2)14(3)11-17/h5-11,21H,4,12H2,1-3H3,(H,20,24)(H,22,23). The summed E-state index contributed by atoms with van der Waals surface area (Å²) >= 11 is 0. The van der Waals surface area contributed by atoms with E-state index < -0.39 is 0 Å². The highest BCUT2D eigenvalue weighted by molar-refractivity contribution is 5.95. The third kappa shape index (κ3) is 4.84. The van der Waals surface area contributed by atoms with E-state index in [1.165, 1.54) is 5.56 Å². The average Bonchev–Trinajstić information content (AvgIpc) is 2.57. The number of aryl methyl sites for hydroxylation is 2. The van der Waals surface area contributed by atoms with Crippen LogP contribution in [0.5, 0.6) is 0 Å². The first kappa shape index (κ1) is 17.5. The molecule has 2 aromatic rings. The molecule has 0 saturated carbocycles. The predicted octanol–water partition coefficient (Wildman–Crippen LogP) is 3.10. The Labute approximate surface area is 142 Å². The van der Waals surface area contributed by atoms with Crippen LogP contribution in [0.2, 0.25) is 0 Å². The van der Waals surface area contributed by atoms with E-state index in [1.54, 1.807) is 24.3 Å². The number of rotatable bonds is 6. The third-order valence-corrected chi connectivity index (χ3v) is 3.73. The molecule has 0 aliphatic heterocycles. The Hall–Kier alpha value is -2.82. The summed E-state index contributed by atoms with van der Waals surface area (Å²) in [5.74, 6) is -0.220. The van der Waals surface area contributed by atoms with Gasteiger partial charge in [-0.1, -0.05) is 6.07 Å². The van der Waals surface area contributed by atoms with Gasteiger partial charge in [0.1, 0.15) is 0 Å². The maximum Gasteiger partial charge on any atom is 0.251 e. The van der Waals surface area contributed by atoms with Crippen molar-refractivity contribution in [3.05, 3.63) is 59.2 Å². The summed E-state index contributed by atoms with van der Waals surface area (Å²) < 4.78 is 0. The van der Waals surface area contributed by atoms with Gasteiger partial charge in [0.25, 0.3) is 5.91 Å². The molecule has 0 heterocycles. The van der Waals surface area contributed by atoms with Crippen LogP contribution >= 0.6 is 0 Å². The number of benzene rings is 2. The van der Waals surface area contributed by atoms with Crippen LogP contribution in [0.1, 0.15) is 28.4 Å². The van der Waals surface area contributed by atoms with Crippen molar-refractivity contribution in [2.75, 3.05) is 23.7 Å². The SMILES string of the molecule is CCNC(=O)c1ccc(NCC(=O)Nc2ccc(C)c(C)c2)cc1. The van der Waals surface area contributed by atoms with Gasteiger partial charge in [-0.25, -0.2) is 0 Å². The molecule has 2 rings (SSSR count). The molecule has 0 bridgehead atoms. The molecule has 0 aliphatic carbocycles. The van der Waals surface area contributed by atoms with Crippen molar-refractivity contribution < 1.29 is 9.59 Å². The second-order valence-electron chi connectivity index (χ2n) is 5.64. The highest BCUT2D eigenvalue weighted by Gasteiger charge is 2.05. The summed E-state index contributed by atoms with van der Waals surface area (Å²) in [6.45, 7) is 6.68. The van der Waals surface area contributed by atoms with E-state index in [2.05, 4.69) is 16.0 Å². The van der Waals surface area contributed by atoms with Crippen molar-refractivity contribution in [2.24, 2.45) is 0 Å². The fourth-order valence-electron chi connectivity index (χ4n) is 2.21. The van der Waals surface area contributed by atoms with Gasteiger partial charge in [-0.3, -0.25) is 9.59 Å². The zero-order valence-electron chi connectivity index (χ0n) is 14.3. The summed E-state index contributed by atoms with van der Waals surface area (Å²) in [4.78, 5) is 23.7. The van der Waals surface area contributed by atoms with E-state index in [4.69, 9.17) is 0 Å². The monoisotopic (exact) mass is 325 g/mol. The zero-order chi connectivity index (χ0) is 17.5. The Balaban J connectivity index is 1.87. The van der Waals surface area contributed by atoms with Crippen LogP contribution in [-0.2, 0) is 4.79 Å². The fourth-order valence-corrected chi connectivity index (χ4v) is 2.21. The Kier molecular flexibility index (Phi) is 5.95. The summed E-state index contributed by atoms with van der Waals surface area (Å²) in [6.07, 6.45) is 0. The quantitative estimate of drug-likeness (QED) is 0.764. The minimum atomic E-state index is -0.119. The molecular weight excluding hydrogens is 302 g/mol. The summed E-state index contributed by atoms with van der Waals surface area (Å²) in [5.41, 5.74) is 4.51. The minimum absolute atomic E-state index is 0.100.